The van der Waals surface area contributed by atoms with Crippen molar-refractivity contribution in [2.24, 2.45) is 23.7 Å². The molecular formula is C22H36O6. The van der Waals surface area contributed by atoms with Gasteiger partial charge >= 0.3 is 5.97 Å². The van der Waals surface area contributed by atoms with Crippen molar-refractivity contribution in [3.05, 3.63) is 12.2 Å². The Morgan fingerprint density at radius 2 is 1.96 bits per heavy atom. The zero-order valence-corrected chi connectivity index (χ0v) is 17.7. The van der Waals surface area contributed by atoms with Crippen LogP contribution in [0, 0.1) is 23.7 Å². The third-order valence-corrected chi connectivity index (χ3v) is 7.41. The van der Waals surface area contributed by atoms with Crippen LogP contribution >= 0.6 is 0 Å². The molecule has 6 heteroatoms. The monoisotopic (exact) mass is 396 g/mol. The summed E-state index contributed by atoms with van der Waals surface area (Å²) in [4.78, 5) is 11.9. The van der Waals surface area contributed by atoms with Crippen molar-refractivity contribution in [3.8, 4) is 0 Å². The lowest BCUT2D eigenvalue weighted by atomic mass is 9.60. The normalized spacial score (nSPS) is 49.2. The molecule has 9 unspecified atom stereocenters. The van der Waals surface area contributed by atoms with E-state index in [0.29, 0.717) is 25.2 Å². The van der Waals surface area contributed by atoms with E-state index in [1.54, 1.807) is 6.92 Å². The minimum atomic E-state index is -1.33. The number of aliphatic hydroxyl groups is 3. The molecular weight excluding hydrogens is 360 g/mol. The number of hydrogen-bond donors (Lipinski definition) is 3. The first-order valence-corrected chi connectivity index (χ1v) is 10.5. The van der Waals surface area contributed by atoms with Crippen LogP contribution in [0.25, 0.3) is 0 Å². The van der Waals surface area contributed by atoms with Gasteiger partial charge in [0.2, 0.25) is 0 Å². The Bertz CT molecular complexity index is 629. The van der Waals surface area contributed by atoms with E-state index in [1.807, 2.05) is 6.92 Å². The van der Waals surface area contributed by atoms with Crippen LogP contribution in [0.1, 0.15) is 60.3 Å². The molecule has 3 rings (SSSR count). The summed E-state index contributed by atoms with van der Waals surface area (Å²) < 4.78 is 12.3. The van der Waals surface area contributed by atoms with E-state index in [2.05, 4.69) is 20.4 Å². The van der Waals surface area contributed by atoms with E-state index in [0.717, 1.165) is 5.57 Å². The van der Waals surface area contributed by atoms with Crippen molar-refractivity contribution in [2.45, 2.75) is 95.9 Å². The van der Waals surface area contributed by atoms with Gasteiger partial charge in [-0.2, -0.15) is 0 Å². The molecule has 9 atom stereocenters. The summed E-state index contributed by atoms with van der Waals surface area (Å²) in [6.07, 6.45) is -0.762. The van der Waals surface area contributed by atoms with Gasteiger partial charge in [-0.1, -0.05) is 20.4 Å². The third kappa shape index (κ3) is 3.64. The van der Waals surface area contributed by atoms with Crippen LogP contribution in [0.5, 0.6) is 0 Å². The summed E-state index contributed by atoms with van der Waals surface area (Å²) in [5.74, 6) is 0.00636. The molecule has 3 aliphatic rings. The molecule has 0 aromatic heterocycles. The van der Waals surface area contributed by atoms with Crippen LogP contribution in [0.2, 0.25) is 0 Å². The molecule has 28 heavy (non-hydrogen) atoms. The molecule has 0 radical (unpaired) electrons. The fraction of sp³-hybridized carbons (Fsp3) is 0.864. The molecule has 6 nitrogen and oxygen atoms in total. The van der Waals surface area contributed by atoms with Crippen molar-refractivity contribution in [1.82, 2.24) is 0 Å². The molecule has 2 bridgehead atoms. The second-order valence-corrected chi connectivity index (χ2v) is 9.95. The van der Waals surface area contributed by atoms with Crippen molar-refractivity contribution < 1.29 is 29.6 Å². The van der Waals surface area contributed by atoms with Gasteiger partial charge in [-0.05, 0) is 50.5 Å². The minimum Gasteiger partial charge on any atom is -0.457 e. The van der Waals surface area contributed by atoms with Gasteiger partial charge < -0.3 is 24.8 Å². The average Bonchev–Trinajstić information content (AvgIpc) is 2.94. The highest BCUT2D eigenvalue weighted by atomic mass is 16.6. The molecule has 3 N–H and O–H groups in total. The van der Waals surface area contributed by atoms with E-state index >= 15 is 0 Å². The molecule has 0 aromatic carbocycles. The molecule has 1 saturated carbocycles. The standard InChI is InChI=1S/C22H36O6/c1-11(2)14-9-15(24)12(3)18-16-10-21(5,26)17(25)7-8-22(6,28-13(4)23)20(27-16)19(14)18/h11,14-20,24-26H,3,7-10H2,1-2,4-6H3. The van der Waals surface area contributed by atoms with Gasteiger partial charge in [0.25, 0.3) is 0 Å². The van der Waals surface area contributed by atoms with E-state index in [1.165, 1.54) is 6.92 Å². The summed E-state index contributed by atoms with van der Waals surface area (Å²) in [6.45, 7) is 13.3. The first kappa shape index (κ1) is 21.8. The summed E-state index contributed by atoms with van der Waals surface area (Å²) >= 11 is 0. The molecule has 0 spiro atoms. The van der Waals surface area contributed by atoms with Crippen LogP contribution in [-0.2, 0) is 14.3 Å². The minimum absolute atomic E-state index is 0.0382. The molecule has 2 heterocycles. The number of aliphatic hydroxyl groups excluding tert-OH is 2. The van der Waals surface area contributed by atoms with Crippen molar-refractivity contribution in [2.75, 3.05) is 0 Å². The first-order chi connectivity index (χ1) is 12.9. The number of hydrogen-bond acceptors (Lipinski definition) is 6. The molecule has 3 fully saturated rings. The highest BCUT2D eigenvalue weighted by Gasteiger charge is 2.61. The van der Waals surface area contributed by atoms with Gasteiger partial charge in [0.05, 0.1) is 23.9 Å². The van der Waals surface area contributed by atoms with E-state index in [9.17, 15) is 20.1 Å². The number of carbonyl (C=O) groups is 1. The van der Waals surface area contributed by atoms with Gasteiger partial charge in [0.1, 0.15) is 11.7 Å². The van der Waals surface area contributed by atoms with Gasteiger partial charge in [-0.25, -0.2) is 0 Å². The lowest BCUT2D eigenvalue weighted by Gasteiger charge is -2.47. The Hall–Kier alpha value is -0.950. The number of carbonyl (C=O) groups excluding carboxylic acids is 1. The summed E-state index contributed by atoms with van der Waals surface area (Å²) in [7, 11) is 0. The maximum absolute atomic E-state index is 11.9. The highest BCUT2D eigenvalue weighted by Crippen LogP contribution is 2.56. The predicted octanol–water partition coefficient (Wildman–Crippen LogP) is 2.20. The maximum atomic E-state index is 11.9. The zero-order chi connectivity index (χ0) is 21.0. The van der Waals surface area contributed by atoms with Gasteiger partial charge in [-0.3, -0.25) is 4.79 Å². The Morgan fingerprint density at radius 1 is 1.32 bits per heavy atom. The van der Waals surface area contributed by atoms with Gasteiger partial charge in [0.15, 0.2) is 0 Å². The SMILES string of the molecule is C=C1C(O)CC(C(C)C)C2C1C1CC(C)(O)C(O)CCC(C)(OC(C)=O)C2O1. The Balaban J connectivity index is 2.10. The number of esters is 1. The second-order valence-electron chi connectivity index (χ2n) is 9.95. The quantitative estimate of drug-likeness (QED) is 0.489. The van der Waals surface area contributed by atoms with Crippen LogP contribution in [0.15, 0.2) is 12.2 Å². The summed E-state index contributed by atoms with van der Waals surface area (Å²) in [5, 5.41) is 32.2. The van der Waals surface area contributed by atoms with E-state index in [4.69, 9.17) is 9.47 Å². The Kier molecular flexibility index (Phi) is 5.74. The Labute approximate surface area is 167 Å². The van der Waals surface area contributed by atoms with Crippen molar-refractivity contribution in [3.63, 3.8) is 0 Å². The van der Waals surface area contributed by atoms with Crippen LogP contribution < -0.4 is 0 Å². The van der Waals surface area contributed by atoms with Gasteiger partial charge in [-0.15, -0.1) is 0 Å². The number of ether oxygens (including phenoxy) is 2. The molecule has 160 valence electrons. The summed E-state index contributed by atoms with van der Waals surface area (Å²) in [5.41, 5.74) is -1.52. The highest BCUT2D eigenvalue weighted by molar-refractivity contribution is 5.66. The average molecular weight is 397 g/mol. The molecule has 2 aliphatic heterocycles. The topological polar surface area (TPSA) is 96.2 Å². The zero-order valence-electron chi connectivity index (χ0n) is 17.7. The Morgan fingerprint density at radius 3 is 2.54 bits per heavy atom. The molecule has 2 saturated heterocycles. The largest absolute Gasteiger partial charge is 0.457 e. The van der Waals surface area contributed by atoms with Crippen molar-refractivity contribution in [1.29, 1.82) is 0 Å². The molecule has 1 aliphatic carbocycles. The van der Waals surface area contributed by atoms with E-state index in [-0.39, 0.29) is 36.2 Å². The predicted molar refractivity (Wildman–Crippen MR) is 104 cm³/mol. The second kappa shape index (κ2) is 7.38. The van der Waals surface area contributed by atoms with Crippen LogP contribution in [0.3, 0.4) is 0 Å². The maximum Gasteiger partial charge on any atom is 0.303 e. The number of rotatable bonds is 2. The number of fused-ring (bicyclic) bond motifs is 5. The molecule has 0 amide bonds. The van der Waals surface area contributed by atoms with Crippen molar-refractivity contribution >= 4 is 5.97 Å². The van der Waals surface area contributed by atoms with Crippen LogP contribution in [0.4, 0.5) is 0 Å². The smallest absolute Gasteiger partial charge is 0.303 e. The fourth-order valence-electron chi connectivity index (χ4n) is 5.87. The first-order valence-electron chi connectivity index (χ1n) is 10.5. The van der Waals surface area contributed by atoms with Crippen LogP contribution in [-0.4, -0.2) is 56.9 Å². The van der Waals surface area contributed by atoms with E-state index < -0.39 is 29.5 Å². The fourth-order valence-corrected chi connectivity index (χ4v) is 5.87. The molecule has 0 aromatic rings. The third-order valence-electron chi connectivity index (χ3n) is 7.41. The summed E-state index contributed by atoms with van der Waals surface area (Å²) in [6, 6.07) is 0. The lowest BCUT2D eigenvalue weighted by molar-refractivity contribution is -0.179. The lowest BCUT2D eigenvalue weighted by Crippen LogP contribution is -2.53. The van der Waals surface area contributed by atoms with Gasteiger partial charge in [0, 0.05) is 25.2 Å².